The van der Waals surface area contributed by atoms with Gasteiger partial charge in [0.15, 0.2) is 11.4 Å². The second-order valence-electron chi connectivity index (χ2n) is 3.66. The van der Waals surface area contributed by atoms with E-state index in [-0.39, 0.29) is 11.8 Å². The second kappa shape index (κ2) is 5.49. The number of aromatic nitrogens is 1. The van der Waals surface area contributed by atoms with E-state index in [1.165, 1.54) is 0 Å². The van der Waals surface area contributed by atoms with Crippen LogP contribution in [0.5, 0.6) is 5.75 Å². The molecule has 88 valence electrons. The summed E-state index contributed by atoms with van der Waals surface area (Å²) < 4.78 is 5.62. The topological polar surface area (TPSA) is 59.4 Å². The van der Waals surface area contributed by atoms with Crippen LogP contribution in [0.15, 0.2) is 12.1 Å². The summed E-state index contributed by atoms with van der Waals surface area (Å²) in [7, 11) is 0. The number of ether oxygens (including phenoxy) is 1. The summed E-state index contributed by atoms with van der Waals surface area (Å²) >= 11 is 0. The van der Waals surface area contributed by atoms with Crippen LogP contribution in [0.4, 0.5) is 0 Å². The first-order valence-corrected chi connectivity index (χ1v) is 5.46. The van der Waals surface area contributed by atoms with Crippen LogP contribution in [0.3, 0.4) is 0 Å². The third-order valence-electron chi connectivity index (χ3n) is 2.40. The Hall–Kier alpha value is -1.58. The fourth-order valence-corrected chi connectivity index (χ4v) is 1.43. The van der Waals surface area contributed by atoms with Gasteiger partial charge < -0.3 is 9.84 Å². The molecule has 1 rings (SSSR count). The number of carbonyl (C=O) groups is 1. The number of aromatic carboxylic acids is 1. The third-order valence-corrected chi connectivity index (χ3v) is 2.40. The van der Waals surface area contributed by atoms with Crippen molar-refractivity contribution in [3.63, 3.8) is 0 Å². The highest BCUT2D eigenvalue weighted by Crippen LogP contribution is 2.20. The van der Waals surface area contributed by atoms with Gasteiger partial charge in [-0.2, -0.15) is 0 Å². The van der Waals surface area contributed by atoms with Gasteiger partial charge in [-0.05, 0) is 31.9 Å². The van der Waals surface area contributed by atoms with Crippen LogP contribution in [-0.4, -0.2) is 22.2 Å². The Morgan fingerprint density at radius 1 is 1.44 bits per heavy atom. The molecule has 1 heterocycles. The monoisotopic (exact) mass is 223 g/mol. The minimum absolute atomic E-state index is 0.00750. The van der Waals surface area contributed by atoms with Crippen LogP contribution in [0, 0.1) is 6.92 Å². The van der Waals surface area contributed by atoms with Crippen molar-refractivity contribution in [1.29, 1.82) is 0 Å². The number of aryl methyl sites for hydroxylation is 1. The highest BCUT2D eigenvalue weighted by Gasteiger charge is 2.16. The van der Waals surface area contributed by atoms with E-state index in [0.717, 1.165) is 12.8 Å². The van der Waals surface area contributed by atoms with Gasteiger partial charge in [-0.15, -0.1) is 0 Å². The maximum Gasteiger partial charge on any atom is 0.358 e. The molecule has 1 aromatic rings. The molecule has 0 radical (unpaired) electrons. The largest absolute Gasteiger partial charge is 0.488 e. The lowest BCUT2D eigenvalue weighted by atomic mass is 10.2. The van der Waals surface area contributed by atoms with Crippen molar-refractivity contribution in [2.75, 3.05) is 0 Å². The number of pyridine rings is 1. The van der Waals surface area contributed by atoms with Crippen molar-refractivity contribution in [3.8, 4) is 5.75 Å². The summed E-state index contributed by atoms with van der Waals surface area (Å²) in [5.41, 5.74) is 0.668. The standard InChI is InChI=1S/C12H17NO3/c1-4-9(5-2)16-10-7-6-8(3)13-11(10)12(14)15/h6-7,9H,4-5H2,1-3H3,(H,14,15). The molecule has 1 N–H and O–H groups in total. The molecule has 4 nitrogen and oxygen atoms in total. The molecule has 0 fully saturated rings. The van der Waals surface area contributed by atoms with Gasteiger partial charge in [0.1, 0.15) is 0 Å². The van der Waals surface area contributed by atoms with Gasteiger partial charge in [0.05, 0.1) is 6.10 Å². The molecule has 0 unspecified atom stereocenters. The lowest BCUT2D eigenvalue weighted by Crippen LogP contribution is -2.16. The first-order chi connectivity index (χ1) is 7.58. The van der Waals surface area contributed by atoms with Crippen LogP contribution in [-0.2, 0) is 0 Å². The zero-order chi connectivity index (χ0) is 12.1. The lowest BCUT2D eigenvalue weighted by molar-refractivity contribution is 0.0681. The van der Waals surface area contributed by atoms with Crippen molar-refractivity contribution in [2.24, 2.45) is 0 Å². The third kappa shape index (κ3) is 2.95. The average molecular weight is 223 g/mol. The molecule has 1 aromatic heterocycles. The molecule has 0 aliphatic rings. The Bertz CT molecular complexity index is 373. The smallest absolute Gasteiger partial charge is 0.358 e. The number of hydrogen-bond acceptors (Lipinski definition) is 3. The van der Waals surface area contributed by atoms with Gasteiger partial charge in [-0.1, -0.05) is 13.8 Å². The number of carboxylic acids is 1. The SMILES string of the molecule is CCC(CC)Oc1ccc(C)nc1C(=O)O. The molecule has 4 heteroatoms. The zero-order valence-corrected chi connectivity index (χ0v) is 9.86. The van der Waals surface area contributed by atoms with E-state index in [1.807, 2.05) is 13.8 Å². The van der Waals surface area contributed by atoms with E-state index in [1.54, 1.807) is 19.1 Å². The molecular formula is C12H17NO3. The van der Waals surface area contributed by atoms with Crippen LogP contribution >= 0.6 is 0 Å². The molecule has 16 heavy (non-hydrogen) atoms. The van der Waals surface area contributed by atoms with Crippen LogP contribution in [0.25, 0.3) is 0 Å². The molecule has 0 aliphatic heterocycles. The second-order valence-corrected chi connectivity index (χ2v) is 3.66. The Kier molecular flexibility index (Phi) is 4.28. The van der Waals surface area contributed by atoms with E-state index < -0.39 is 5.97 Å². The van der Waals surface area contributed by atoms with Crippen molar-refractivity contribution >= 4 is 5.97 Å². The Labute approximate surface area is 95.3 Å². The quantitative estimate of drug-likeness (QED) is 0.833. The van der Waals surface area contributed by atoms with Crippen LogP contribution < -0.4 is 4.74 Å². The van der Waals surface area contributed by atoms with Gasteiger partial charge >= 0.3 is 5.97 Å². The van der Waals surface area contributed by atoms with Crippen molar-refractivity contribution in [1.82, 2.24) is 4.98 Å². The van der Waals surface area contributed by atoms with Crippen molar-refractivity contribution in [2.45, 2.75) is 39.7 Å². The number of rotatable bonds is 5. The molecule has 0 saturated heterocycles. The van der Waals surface area contributed by atoms with E-state index in [9.17, 15) is 4.79 Å². The highest BCUT2D eigenvalue weighted by molar-refractivity contribution is 5.88. The molecule has 0 saturated carbocycles. The summed E-state index contributed by atoms with van der Waals surface area (Å²) in [6.45, 7) is 5.78. The van der Waals surface area contributed by atoms with Gasteiger partial charge in [0, 0.05) is 5.69 Å². The average Bonchev–Trinajstić information content (AvgIpc) is 2.27. The maximum absolute atomic E-state index is 11.0. The van der Waals surface area contributed by atoms with Gasteiger partial charge in [-0.3, -0.25) is 0 Å². The highest BCUT2D eigenvalue weighted by atomic mass is 16.5. The van der Waals surface area contributed by atoms with Crippen molar-refractivity contribution in [3.05, 3.63) is 23.5 Å². The minimum Gasteiger partial charge on any atom is -0.488 e. The van der Waals surface area contributed by atoms with E-state index in [2.05, 4.69) is 4.98 Å². The summed E-state index contributed by atoms with van der Waals surface area (Å²) in [6.07, 6.45) is 1.75. The lowest BCUT2D eigenvalue weighted by Gasteiger charge is -2.16. The fraction of sp³-hybridized carbons (Fsp3) is 0.500. The molecule has 0 amide bonds. The maximum atomic E-state index is 11.0. The summed E-state index contributed by atoms with van der Waals surface area (Å²) in [4.78, 5) is 15.0. The zero-order valence-electron chi connectivity index (χ0n) is 9.86. The summed E-state index contributed by atoms with van der Waals surface area (Å²) in [5, 5.41) is 9.01. The summed E-state index contributed by atoms with van der Waals surface area (Å²) in [5.74, 6) is -0.698. The molecular weight excluding hydrogens is 206 g/mol. The molecule has 0 aliphatic carbocycles. The van der Waals surface area contributed by atoms with E-state index in [4.69, 9.17) is 9.84 Å². The number of carboxylic acid groups (broad SMARTS) is 1. The van der Waals surface area contributed by atoms with Crippen LogP contribution in [0.2, 0.25) is 0 Å². The minimum atomic E-state index is -1.05. The first kappa shape index (κ1) is 12.5. The van der Waals surface area contributed by atoms with Gasteiger partial charge in [0.25, 0.3) is 0 Å². The molecule has 0 atom stereocenters. The predicted octanol–water partition coefficient (Wildman–Crippen LogP) is 2.66. The Morgan fingerprint density at radius 3 is 2.56 bits per heavy atom. The predicted molar refractivity (Wildman–Crippen MR) is 60.9 cm³/mol. The molecule has 0 bridgehead atoms. The summed E-state index contributed by atoms with van der Waals surface area (Å²) in [6, 6.07) is 3.42. The number of hydrogen-bond donors (Lipinski definition) is 1. The van der Waals surface area contributed by atoms with E-state index >= 15 is 0 Å². The fourth-order valence-electron chi connectivity index (χ4n) is 1.43. The molecule has 0 spiro atoms. The van der Waals surface area contributed by atoms with Gasteiger partial charge in [0.2, 0.25) is 0 Å². The number of nitrogens with zero attached hydrogens (tertiary/aromatic N) is 1. The normalized spacial score (nSPS) is 10.5. The van der Waals surface area contributed by atoms with Crippen molar-refractivity contribution < 1.29 is 14.6 Å². The Balaban J connectivity index is 2.98. The first-order valence-electron chi connectivity index (χ1n) is 5.46. The van der Waals surface area contributed by atoms with E-state index in [0.29, 0.717) is 11.4 Å². The van der Waals surface area contributed by atoms with Gasteiger partial charge in [-0.25, -0.2) is 9.78 Å². The van der Waals surface area contributed by atoms with Crippen LogP contribution in [0.1, 0.15) is 42.9 Å². The Morgan fingerprint density at radius 2 is 2.06 bits per heavy atom. The molecule has 0 aromatic carbocycles.